The summed E-state index contributed by atoms with van der Waals surface area (Å²) in [5.74, 6) is -0.572. The van der Waals surface area contributed by atoms with Gasteiger partial charge in [0, 0.05) is 11.6 Å². The summed E-state index contributed by atoms with van der Waals surface area (Å²) in [7, 11) is 0. The summed E-state index contributed by atoms with van der Waals surface area (Å²) in [5, 5.41) is 19.8. The minimum Gasteiger partial charge on any atom is -0.506 e. The highest BCUT2D eigenvalue weighted by atomic mass is 16.3. The molecule has 0 bridgehead atoms. The normalized spacial score (nSPS) is 10.4. The molecule has 0 saturated heterocycles. The van der Waals surface area contributed by atoms with E-state index in [0.717, 1.165) is 16.5 Å². The SMILES string of the molecule is N=C(c1ccc2cccc(O)c2n1)C(c1ccccc1)c1ccccc1.NC(=O)c1ccccn1. The quantitative estimate of drug-likeness (QED) is 0.308. The van der Waals surface area contributed by atoms with Gasteiger partial charge in [0.2, 0.25) is 0 Å². The van der Waals surface area contributed by atoms with Gasteiger partial charge in [0.15, 0.2) is 0 Å². The number of rotatable bonds is 5. The van der Waals surface area contributed by atoms with Crippen LogP contribution in [0.25, 0.3) is 10.9 Å². The molecular weight excluding hydrogens is 436 g/mol. The Bertz CT molecular complexity index is 1400. The Kier molecular flexibility index (Phi) is 7.23. The molecule has 0 aliphatic rings. The summed E-state index contributed by atoms with van der Waals surface area (Å²) in [6.07, 6.45) is 1.53. The van der Waals surface area contributed by atoms with E-state index in [-0.39, 0.29) is 11.7 Å². The van der Waals surface area contributed by atoms with Crippen molar-refractivity contribution < 1.29 is 9.90 Å². The second-order valence-corrected chi connectivity index (χ2v) is 7.79. The van der Waals surface area contributed by atoms with E-state index in [1.54, 1.807) is 30.3 Å². The first-order valence-corrected chi connectivity index (χ1v) is 11.0. The number of fused-ring (bicyclic) bond motifs is 1. The van der Waals surface area contributed by atoms with E-state index in [9.17, 15) is 9.90 Å². The topological polar surface area (TPSA) is 113 Å². The highest BCUT2D eigenvalue weighted by Crippen LogP contribution is 2.29. The summed E-state index contributed by atoms with van der Waals surface area (Å²) < 4.78 is 0. The number of phenols is 1. The highest BCUT2D eigenvalue weighted by Gasteiger charge is 2.22. The molecule has 2 heterocycles. The summed E-state index contributed by atoms with van der Waals surface area (Å²) in [6, 6.07) is 34.1. The van der Waals surface area contributed by atoms with Crippen LogP contribution in [0.4, 0.5) is 0 Å². The average Bonchev–Trinajstić information content (AvgIpc) is 2.91. The number of carbonyl (C=O) groups is 1. The van der Waals surface area contributed by atoms with Crippen molar-refractivity contribution in [2.45, 2.75) is 5.92 Å². The molecule has 172 valence electrons. The van der Waals surface area contributed by atoms with Crippen LogP contribution < -0.4 is 5.73 Å². The monoisotopic (exact) mass is 460 g/mol. The van der Waals surface area contributed by atoms with Crippen molar-refractivity contribution in [3.05, 3.63) is 138 Å². The molecule has 6 heteroatoms. The second kappa shape index (κ2) is 10.9. The number of carbonyl (C=O) groups excluding carboxylic acids is 1. The summed E-state index contributed by atoms with van der Waals surface area (Å²) in [5.41, 5.74) is 8.80. The third kappa shape index (κ3) is 5.57. The van der Waals surface area contributed by atoms with E-state index in [4.69, 9.17) is 11.1 Å². The van der Waals surface area contributed by atoms with Crippen LogP contribution in [0.1, 0.15) is 33.2 Å². The highest BCUT2D eigenvalue weighted by molar-refractivity contribution is 6.05. The maximum atomic E-state index is 10.4. The molecule has 4 N–H and O–H groups in total. The first-order valence-electron chi connectivity index (χ1n) is 11.0. The molecule has 0 aliphatic heterocycles. The van der Waals surface area contributed by atoms with Crippen LogP contribution in [0.2, 0.25) is 0 Å². The molecule has 6 nitrogen and oxygen atoms in total. The van der Waals surface area contributed by atoms with Crippen LogP contribution in [0.15, 0.2) is 115 Å². The number of amides is 1. The molecule has 1 amide bonds. The number of nitrogens with two attached hydrogens (primary N) is 1. The lowest BCUT2D eigenvalue weighted by Crippen LogP contribution is -2.16. The molecule has 2 aromatic heterocycles. The van der Waals surface area contributed by atoms with Gasteiger partial charge in [0.1, 0.15) is 17.0 Å². The Morgan fingerprint density at radius 3 is 1.91 bits per heavy atom. The Balaban J connectivity index is 0.000000271. The van der Waals surface area contributed by atoms with Crippen molar-refractivity contribution in [2.24, 2.45) is 5.73 Å². The standard InChI is InChI=1S/C23H18N2O.C6H6N2O/c24-22(19-15-14-18-12-7-13-20(26)23(18)25-19)21(16-8-3-1-4-9-16)17-10-5-2-6-11-17;7-6(9)5-3-1-2-4-8-5/h1-15,21,24,26H;1-4H,(H2,7,9). The van der Waals surface area contributed by atoms with E-state index in [1.165, 1.54) is 6.20 Å². The lowest BCUT2D eigenvalue weighted by Gasteiger charge is -2.19. The van der Waals surface area contributed by atoms with Gasteiger partial charge in [0.25, 0.3) is 5.91 Å². The number of nitrogens with one attached hydrogen (secondary N) is 1. The number of para-hydroxylation sites is 1. The predicted octanol–water partition coefficient (Wildman–Crippen LogP) is 5.32. The zero-order valence-corrected chi connectivity index (χ0v) is 18.9. The average molecular weight is 461 g/mol. The van der Waals surface area contributed by atoms with Crippen molar-refractivity contribution in [3.8, 4) is 5.75 Å². The van der Waals surface area contributed by atoms with Crippen molar-refractivity contribution in [2.75, 3.05) is 0 Å². The zero-order chi connectivity index (χ0) is 24.6. The number of benzene rings is 3. The Labute approximate surface area is 203 Å². The summed E-state index contributed by atoms with van der Waals surface area (Å²) >= 11 is 0. The van der Waals surface area contributed by atoms with Crippen molar-refractivity contribution >= 4 is 22.5 Å². The lowest BCUT2D eigenvalue weighted by molar-refractivity contribution is 0.0995. The third-order valence-electron chi connectivity index (χ3n) is 5.45. The molecular formula is C29H24N4O2. The maximum Gasteiger partial charge on any atom is 0.267 e. The van der Waals surface area contributed by atoms with Crippen LogP contribution in [0.5, 0.6) is 5.75 Å². The summed E-state index contributed by atoms with van der Waals surface area (Å²) in [4.78, 5) is 18.6. The molecule has 35 heavy (non-hydrogen) atoms. The van der Waals surface area contributed by atoms with Gasteiger partial charge in [-0.05, 0) is 35.4 Å². The van der Waals surface area contributed by atoms with Crippen LogP contribution >= 0.6 is 0 Å². The molecule has 5 aromatic rings. The Morgan fingerprint density at radius 2 is 1.37 bits per heavy atom. The number of pyridine rings is 2. The van der Waals surface area contributed by atoms with E-state index >= 15 is 0 Å². The van der Waals surface area contributed by atoms with Crippen LogP contribution in [-0.2, 0) is 0 Å². The van der Waals surface area contributed by atoms with Gasteiger partial charge in [-0.15, -0.1) is 0 Å². The van der Waals surface area contributed by atoms with Crippen molar-refractivity contribution in [1.82, 2.24) is 9.97 Å². The first kappa shape index (κ1) is 23.3. The number of hydrogen-bond acceptors (Lipinski definition) is 5. The van der Waals surface area contributed by atoms with Gasteiger partial charge in [-0.1, -0.05) is 84.9 Å². The molecule has 0 unspecified atom stereocenters. The number of aromatic hydroxyl groups is 1. The minimum absolute atomic E-state index is 0.133. The van der Waals surface area contributed by atoms with E-state index < -0.39 is 5.91 Å². The number of nitrogens with zero attached hydrogens (tertiary/aromatic N) is 2. The maximum absolute atomic E-state index is 10.4. The second-order valence-electron chi connectivity index (χ2n) is 7.79. The van der Waals surface area contributed by atoms with Gasteiger partial charge in [0.05, 0.1) is 17.3 Å². The fraction of sp³-hybridized carbons (Fsp3) is 0.0345. The van der Waals surface area contributed by atoms with E-state index in [1.807, 2.05) is 78.9 Å². The van der Waals surface area contributed by atoms with Crippen LogP contribution in [0, 0.1) is 5.41 Å². The van der Waals surface area contributed by atoms with Gasteiger partial charge in [-0.25, -0.2) is 4.98 Å². The number of primary amides is 1. The first-order chi connectivity index (χ1) is 17.0. The smallest absolute Gasteiger partial charge is 0.267 e. The molecule has 3 aromatic carbocycles. The van der Waals surface area contributed by atoms with Gasteiger partial charge < -0.3 is 16.2 Å². The minimum atomic E-state index is -0.490. The van der Waals surface area contributed by atoms with Crippen LogP contribution in [0.3, 0.4) is 0 Å². The fourth-order valence-corrected chi connectivity index (χ4v) is 3.75. The van der Waals surface area contributed by atoms with Gasteiger partial charge >= 0.3 is 0 Å². The summed E-state index contributed by atoms with van der Waals surface area (Å²) in [6.45, 7) is 0. The number of phenolic OH excluding ortho intramolecular Hbond substituents is 1. The van der Waals surface area contributed by atoms with Crippen LogP contribution in [-0.4, -0.2) is 26.7 Å². The van der Waals surface area contributed by atoms with E-state index in [0.29, 0.717) is 22.6 Å². The van der Waals surface area contributed by atoms with Gasteiger partial charge in [-0.3, -0.25) is 9.78 Å². The molecule has 0 spiro atoms. The third-order valence-corrected chi connectivity index (χ3v) is 5.45. The number of hydrogen-bond donors (Lipinski definition) is 3. The fourth-order valence-electron chi connectivity index (χ4n) is 3.75. The van der Waals surface area contributed by atoms with Crippen molar-refractivity contribution in [1.29, 1.82) is 5.41 Å². The predicted molar refractivity (Wildman–Crippen MR) is 138 cm³/mol. The molecule has 0 saturated carbocycles. The van der Waals surface area contributed by atoms with Crippen molar-refractivity contribution in [3.63, 3.8) is 0 Å². The molecule has 0 radical (unpaired) electrons. The van der Waals surface area contributed by atoms with E-state index in [2.05, 4.69) is 9.97 Å². The molecule has 0 aliphatic carbocycles. The Morgan fingerprint density at radius 1 is 0.743 bits per heavy atom. The zero-order valence-electron chi connectivity index (χ0n) is 18.9. The molecule has 0 atom stereocenters. The Hall–Kier alpha value is -4.84. The largest absolute Gasteiger partial charge is 0.506 e. The molecule has 0 fully saturated rings. The van der Waals surface area contributed by atoms with Gasteiger partial charge in [-0.2, -0.15) is 0 Å². The molecule has 5 rings (SSSR count). The number of aromatic nitrogens is 2. The lowest BCUT2D eigenvalue weighted by atomic mass is 9.85.